The Labute approximate surface area is 144 Å². The molecule has 0 spiro atoms. The normalized spacial score (nSPS) is 13.0. The molecule has 0 atom stereocenters. The van der Waals surface area contributed by atoms with Crippen molar-refractivity contribution in [3.8, 4) is 0 Å². The highest BCUT2D eigenvalue weighted by Gasteiger charge is 2.18. The van der Waals surface area contributed by atoms with Crippen LogP contribution in [0, 0.1) is 5.82 Å². The van der Waals surface area contributed by atoms with Crippen molar-refractivity contribution in [2.24, 2.45) is 0 Å². The topological polar surface area (TPSA) is 74.8 Å². The third kappa shape index (κ3) is 3.88. The number of H-pyrrole nitrogens is 1. The molecule has 2 aromatic rings. The zero-order valence-corrected chi connectivity index (χ0v) is 14.1. The number of hydrogen-bond acceptors (Lipinski definition) is 5. The minimum Gasteiger partial charge on any atom is -0.323 e. The molecule has 0 saturated carbocycles. The molecule has 1 aliphatic heterocycles. The van der Waals surface area contributed by atoms with E-state index in [0.29, 0.717) is 22.2 Å². The van der Waals surface area contributed by atoms with Crippen molar-refractivity contribution in [1.29, 1.82) is 0 Å². The quantitative estimate of drug-likeness (QED) is 0.638. The lowest BCUT2D eigenvalue weighted by Gasteiger charge is -2.07. The van der Waals surface area contributed by atoms with E-state index in [2.05, 4.69) is 15.3 Å². The molecule has 1 aromatic carbocycles. The molecule has 2 N–H and O–H groups in total. The van der Waals surface area contributed by atoms with Crippen LogP contribution in [0.3, 0.4) is 0 Å². The SMILES string of the molecule is O=C(CSc1nc2c(c(=O)[nH]1)CSC2)Nc1ccc(Cl)cc1F. The molecular weight excluding hydrogens is 361 g/mol. The summed E-state index contributed by atoms with van der Waals surface area (Å²) in [5, 5.41) is 3.11. The van der Waals surface area contributed by atoms with E-state index in [1.807, 2.05) is 0 Å². The molecule has 0 radical (unpaired) electrons. The first-order chi connectivity index (χ1) is 11.0. The van der Waals surface area contributed by atoms with Crippen molar-refractivity contribution in [2.45, 2.75) is 16.7 Å². The van der Waals surface area contributed by atoms with E-state index in [0.717, 1.165) is 23.5 Å². The Kier molecular flexibility index (Phi) is 4.93. The van der Waals surface area contributed by atoms with Gasteiger partial charge in [0.15, 0.2) is 5.16 Å². The van der Waals surface area contributed by atoms with Gasteiger partial charge in [0.1, 0.15) is 5.82 Å². The Morgan fingerprint density at radius 2 is 2.30 bits per heavy atom. The van der Waals surface area contributed by atoms with E-state index in [-0.39, 0.29) is 22.0 Å². The molecule has 1 aromatic heterocycles. The number of halogens is 2. The molecule has 0 fully saturated rings. The molecule has 1 amide bonds. The number of aromatic nitrogens is 2. The number of rotatable bonds is 4. The zero-order chi connectivity index (χ0) is 16.4. The molecule has 0 saturated heterocycles. The van der Waals surface area contributed by atoms with Gasteiger partial charge in [-0.3, -0.25) is 9.59 Å². The second-order valence-corrected chi connectivity index (χ2v) is 7.14. The lowest BCUT2D eigenvalue weighted by molar-refractivity contribution is -0.113. The van der Waals surface area contributed by atoms with E-state index in [1.165, 1.54) is 12.1 Å². The summed E-state index contributed by atoms with van der Waals surface area (Å²) in [6.45, 7) is 0. The number of benzene rings is 1. The maximum Gasteiger partial charge on any atom is 0.255 e. The number of nitrogens with zero attached hydrogens (tertiary/aromatic N) is 1. The van der Waals surface area contributed by atoms with Crippen molar-refractivity contribution in [2.75, 3.05) is 11.1 Å². The largest absolute Gasteiger partial charge is 0.323 e. The maximum atomic E-state index is 13.6. The first kappa shape index (κ1) is 16.4. The summed E-state index contributed by atoms with van der Waals surface area (Å²) in [4.78, 5) is 30.7. The van der Waals surface area contributed by atoms with Gasteiger partial charge < -0.3 is 10.3 Å². The predicted octanol–water partition coefficient (Wildman–Crippen LogP) is 3.04. The molecule has 2 heterocycles. The van der Waals surface area contributed by atoms with Crippen LogP contribution in [0.15, 0.2) is 28.2 Å². The number of aromatic amines is 1. The number of nitrogens with one attached hydrogen (secondary N) is 2. The lowest BCUT2D eigenvalue weighted by atomic mass is 10.3. The standard InChI is InChI=1S/C14H11ClFN3O2S2/c15-7-1-2-10(9(16)3-7)17-12(20)6-23-14-18-11-5-22-4-8(11)13(21)19-14/h1-3H,4-6H2,(H,17,20)(H,18,19,21). The summed E-state index contributed by atoms with van der Waals surface area (Å²) < 4.78 is 13.6. The molecule has 120 valence electrons. The highest BCUT2D eigenvalue weighted by molar-refractivity contribution is 7.99. The second kappa shape index (κ2) is 6.94. The minimum atomic E-state index is -0.600. The van der Waals surface area contributed by atoms with Crippen LogP contribution in [0.2, 0.25) is 5.02 Å². The molecular formula is C14H11ClFN3O2S2. The van der Waals surface area contributed by atoms with Crippen LogP contribution in [0.1, 0.15) is 11.3 Å². The van der Waals surface area contributed by atoms with Crippen LogP contribution in [-0.4, -0.2) is 21.6 Å². The zero-order valence-electron chi connectivity index (χ0n) is 11.7. The first-order valence-electron chi connectivity index (χ1n) is 6.60. The number of fused-ring (bicyclic) bond motifs is 1. The fourth-order valence-corrected chi connectivity index (χ4v) is 3.89. The van der Waals surface area contributed by atoms with Gasteiger partial charge in [0.05, 0.1) is 17.1 Å². The smallest absolute Gasteiger partial charge is 0.255 e. The summed E-state index contributed by atoms with van der Waals surface area (Å²) in [5.41, 5.74) is 1.37. The average Bonchev–Trinajstić information content (AvgIpc) is 2.97. The molecule has 0 bridgehead atoms. The number of amides is 1. The second-order valence-electron chi connectivity index (χ2n) is 4.75. The van der Waals surface area contributed by atoms with Gasteiger partial charge in [0.25, 0.3) is 5.56 Å². The Bertz CT molecular complexity index is 828. The van der Waals surface area contributed by atoms with Crippen molar-refractivity contribution in [3.05, 3.63) is 50.7 Å². The summed E-state index contributed by atoms with van der Waals surface area (Å²) in [6, 6.07) is 4.01. The Morgan fingerprint density at radius 1 is 1.48 bits per heavy atom. The third-order valence-corrected chi connectivity index (χ3v) is 5.19. The first-order valence-corrected chi connectivity index (χ1v) is 9.12. The van der Waals surface area contributed by atoms with Crippen LogP contribution < -0.4 is 10.9 Å². The van der Waals surface area contributed by atoms with Gasteiger partial charge in [-0.1, -0.05) is 23.4 Å². The van der Waals surface area contributed by atoms with Crippen molar-refractivity contribution >= 4 is 46.7 Å². The molecule has 3 rings (SSSR count). The molecule has 0 aliphatic carbocycles. The van der Waals surface area contributed by atoms with Crippen molar-refractivity contribution in [3.63, 3.8) is 0 Å². The van der Waals surface area contributed by atoms with Gasteiger partial charge in [-0.15, -0.1) is 0 Å². The van der Waals surface area contributed by atoms with E-state index >= 15 is 0 Å². The average molecular weight is 372 g/mol. The van der Waals surface area contributed by atoms with Crippen molar-refractivity contribution in [1.82, 2.24) is 9.97 Å². The van der Waals surface area contributed by atoms with Gasteiger partial charge >= 0.3 is 0 Å². The van der Waals surface area contributed by atoms with E-state index in [9.17, 15) is 14.0 Å². The molecule has 5 nitrogen and oxygen atoms in total. The third-order valence-electron chi connectivity index (χ3n) is 3.11. The van der Waals surface area contributed by atoms with Crippen LogP contribution in [0.25, 0.3) is 0 Å². The fraction of sp³-hybridized carbons (Fsp3) is 0.214. The van der Waals surface area contributed by atoms with Gasteiger partial charge in [-0.05, 0) is 18.2 Å². The monoisotopic (exact) mass is 371 g/mol. The summed E-state index contributed by atoms with van der Waals surface area (Å²) >= 11 is 8.39. The molecule has 9 heteroatoms. The van der Waals surface area contributed by atoms with Gasteiger partial charge in [-0.25, -0.2) is 9.37 Å². The van der Waals surface area contributed by atoms with E-state index in [1.54, 1.807) is 11.8 Å². The predicted molar refractivity (Wildman–Crippen MR) is 90.6 cm³/mol. The fourth-order valence-electron chi connectivity index (χ4n) is 2.02. The maximum absolute atomic E-state index is 13.6. The van der Waals surface area contributed by atoms with Crippen LogP contribution >= 0.6 is 35.1 Å². The van der Waals surface area contributed by atoms with Crippen LogP contribution in [0.4, 0.5) is 10.1 Å². The van der Waals surface area contributed by atoms with Gasteiger partial charge in [0, 0.05) is 22.1 Å². The Morgan fingerprint density at radius 3 is 3.09 bits per heavy atom. The minimum absolute atomic E-state index is 0.0108. The van der Waals surface area contributed by atoms with Crippen molar-refractivity contribution < 1.29 is 9.18 Å². The van der Waals surface area contributed by atoms with Crippen LogP contribution in [0.5, 0.6) is 0 Å². The number of thioether (sulfide) groups is 2. The lowest BCUT2D eigenvalue weighted by Crippen LogP contribution is -2.18. The summed E-state index contributed by atoms with van der Waals surface area (Å²) in [7, 11) is 0. The van der Waals surface area contributed by atoms with Gasteiger partial charge in [0.2, 0.25) is 5.91 Å². The highest BCUT2D eigenvalue weighted by Crippen LogP contribution is 2.26. The Balaban J connectivity index is 1.63. The molecule has 0 unspecified atom stereocenters. The number of carbonyl (C=O) groups excluding carboxylic acids is 1. The van der Waals surface area contributed by atoms with E-state index < -0.39 is 11.7 Å². The van der Waals surface area contributed by atoms with Crippen LogP contribution in [-0.2, 0) is 16.3 Å². The summed E-state index contributed by atoms with van der Waals surface area (Å²) in [6.07, 6.45) is 0. The van der Waals surface area contributed by atoms with E-state index in [4.69, 9.17) is 11.6 Å². The summed E-state index contributed by atoms with van der Waals surface area (Å²) in [5.74, 6) is 0.385. The number of carbonyl (C=O) groups is 1. The molecule has 1 aliphatic rings. The Hall–Kier alpha value is -1.51. The number of hydrogen-bond donors (Lipinski definition) is 2. The van der Waals surface area contributed by atoms with Gasteiger partial charge in [-0.2, -0.15) is 11.8 Å². The molecule has 23 heavy (non-hydrogen) atoms. The number of anilines is 1. The highest BCUT2D eigenvalue weighted by atomic mass is 35.5.